The molecular weight excluding hydrogens is 146 g/mol. The first-order valence-corrected chi connectivity index (χ1v) is 3.72. The highest BCUT2D eigenvalue weighted by molar-refractivity contribution is 7.09. The van der Waals surface area contributed by atoms with Gasteiger partial charge in [-0.05, 0) is 12.1 Å². The Balaban J connectivity index is 2.88. The van der Waals surface area contributed by atoms with Gasteiger partial charge in [-0.3, -0.25) is 0 Å². The first kappa shape index (κ1) is 5.68. The van der Waals surface area contributed by atoms with Crippen LogP contribution in [0.3, 0.4) is 0 Å². The van der Waals surface area contributed by atoms with E-state index in [1.165, 1.54) is 11.5 Å². The van der Waals surface area contributed by atoms with Gasteiger partial charge in [-0.1, -0.05) is 12.1 Å². The van der Waals surface area contributed by atoms with Crippen molar-refractivity contribution in [2.75, 3.05) is 0 Å². The fourth-order valence-electron chi connectivity index (χ4n) is 0.907. The van der Waals surface area contributed by atoms with Crippen LogP contribution < -0.4 is 4.12 Å². The molecule has 0 bridgehead atoms. The molecule has 2 nitrogen and oxygen atoms in total. The third-order valence-electron chi connectivity index (χ3n) is 1.35. The van der Waals surface area contributed by atoms with Gasteiger partial charge in [-0.2, -0.15) is 0 Å². The molecular formula is C7H5NOS. The number of nitrogens with zero attached hydrogens (tertiary/aromatic N) is 1. The Morgan fingerprint density at radius 2 is 2.10 bits per heavy atom. The van der Waals surface area contributed by atoms with Gasteiger partial charge in [0.05, 0.1) is 5.39 Å². The van der Waals surface area contributed by atoms with Crippen molar-refractivity contribution in [1.82, 2.24) is 0 Å². The minimum absolute atomic E-state index is 0.866. The lowest BCUT2D eigenvalue weighted by Crippen LogP contribution is -2.16. The minimum Gasteiger partial charge on any atom is -0.606 e. The maximum absolute atomic E-state index is 10.7. The van der Waals surface area contributed by atoms with Crippen LogP contribution in [-0.4, -0.2) is 0 Å². The van der Waals surface area contributed by atoms with Crippen molar-refractivity contribution in [1.29, 1.82) is 0 Å². The van der Waals surface area contributed by atoms with E-state index >= 15 is 0 Å². The quantitative estimate of drug-likeness (QED) is 0.414. The molecule has 10 heavy (non-hydrogen) atoms. The monoisotopic (exact) mass is 151 g/mol. The molecule has 50 valence electrons. The summed E-state index contributed by atoms with van der Waals surface area (Å²) in [6.07, 6.45) is 1.58. The van der Waals surface area contributed by atoms with Crippen molar-refractivity contribution in [3.05, 3.63) is 35.7 Å². The molecule has 2 rings (SSSR count). The number of hydrogen-bond donors (Lipinski definition) is 0. The maximum Gasteiger partial charge on any atom is 0.204 e. The van der Waals surface area contributed by atoms with E-state index in [0.29, 0.717) is 0 Å². The Morgan fingerprint density at radius 1 is 1.30 bits per heavy atom. The Bertz CT molecular complexity index is 322. The van der Waals surface area contributed by atoms with Gasteiger partial charge < -0.3 is 5.21 Å². The number of hydrogen-bond acceptors (Lipinski definition) is 2. The molecule has 1 aromatic carbocycles. The summed E-state index contributed by atoms with van der Waals surface area (Å²) in [5.74, 6) is 0. The smallest absolute Gasteiger partial charge is 0.204 e. The third-order valence-corrected chi connectivity index (χ3v) is 2.21. The number of aromatic nitrogens is 1. The van der Waals surface area contributed by atoms with Gasteiger partial charge in [-0.15, -0.1) is 4.12 Å². The lowest BCUT2D eigenvalue weighted by molar-refractivity contribution is -0.528. The molecule has 0 saturated heterocycles. The summed E-state index contributed by atoms with van der Waals surface area (Å²) < 4.78 is 1.91. The summed E-state index contributed by atoms with van der Waals surface area (Å²) >= 11 is 1.21. The van der Waals surface area contributed by atoms with Crippen molar-refractivity contribution in [2.45, 2.75) is 0 Å². The molecule has 1 aromatic heterocycles. The zero-order valence-electron chi connectivity index (χ0n) is 5.15. The minimum atomic E-state index is 0.866. The van der Waals surface area contributed by atoms with Gasteiger partial charge in [0.2, 0.25) is 6.20 Å². The second-order valence-corrected chi connectivity index (χ2v) is 3.03. The second kappa shape index (κ2) is 1.95. The molecule has 3 heteroatoms. The van der Waals surface area contributed by atoms with Gasteiger partial charge >= 0.3 is 0 Å². The van der Waals surface area contributed by atoms with Crippen LogP contribution in [0.5, 0.6) is 0 Å². The topological polar surface area (TPSA) is 26.9 Å². The fraction of sp³-hybridized carbons (Fsp3) is 0. The number of benzene rings is 1. The van der Waals surface area contributed by atoms with E-state index in [1.807, 2.05) is 24.3 Å². The molecule has 0 spiro atoms. The highest BCUT2D eigenvalue weighted by Crippen LogP contribution is 2.14. The maximum atomic E-state index is 10.7. The third kappa shape index (κ3) is 0.752. The van der Waals surface area contributed by atoms with Crippen LogP contribution >= 0.6 is 11.5 Å². The standard InChI is InChI=1S/C7H5NOS/c9-8-5-6-3-1-2-4-7(6)10-8/h1-5H. The van der Waals surface area contributed by atoms with E-state index in [9.17, 15) is 5.21 Å². The van der Waals surface area contributed by atoms with Crippen molar-refractivity contribution in [3.8, 4) is 0 Å². The summed E-state index contributed by atoms with van der Waals surface area (Å²) in [5.41, 5.74) is 0. The van der Waals surface area contributed by atoms with E-state index in [4.69, 9.17) is 0 Å². The largest absolute Gasteiger partial charge is 0.606 e. The fourth-order valence-corrected chi connectivity index (χ4v) is 1.63. The van der Waals surface area contributed by atoms with Gasteiger partial charge in [-0.25, -0.2) is 0 Å². The molecule has 0 aliphatic carbocycles. The van der Waals surface area contributed by atoms with Gasteiger partial charge in [0.15, 0.2) is 11.5 Å². The van der Waals surface area contributed by atoms with E-state index < -0.39 is 0 Å². The van der Waals surface area contributed by atoms with E-state index in [2.05, 4.69) is 0 Å². The molecule has 0 fully saturated rings. The normalized spacial score (nSPS) is 10.4. The summed E-state index contributed by atoms with van der Waals surface area (Å²) in [6.45, 7) is 0. The molecule has 0 saturated carbocycles. The van der Waals surface area contributed by atoms with Gasteiger partial charge in [0.1, 0.15) is 4.70 Å². The molecule has 2 aromatic rings. The van der Waals surface area contributed by atoms with Crippen LogP contribution in [0.25, 0.3) is 10.1 Å². The predicted molar refractivity (Wildman–Crippen MR) is 40.8 cm³/mol. The highest BCUT2D eigenvalue weighted by atomic mass is 32.1. The molecule has 0 aliphatic heterocycles. The SMILES string of the molecule is [O-][n+]1cc2ccccc2s1. The molecule has 0 unspecified atom stereocenters. The van der Waals surface area contributed by atoms with Crippen LogP contribution in [0, 0.1) is 5.21 Å². The summed E-state index contributed by atoms with van der Waals surface area (Å²) in [5, 5.41) is 11.7. The zero-order valence-corrected chi connectivity index (χ0v) is 5.97. The molecule has 0 amide bonds. The van der Waals surface area contributed by atoms with Crippen LogP contribution in [0.1, 0.15) is 0 Å². The Morgan fingerprint density at radius 3 is 2.90 bits per heavy atom. The van der Waals surface area contributed by atoms with Gasteiger partial charge in [0.25, 0.3) is 0 Å². The Hall–Kier alpha value is -1.09. The lowest BCUT2D eigenvalue weighted by Gasteiger charge is -1.77. The predicted octanol–water partition coefficient (Wildman–Crippen LogP) is 1.53. The Kier molecular flexibility index (Phi) is 1.11. The second-order valence-electron chi connectivity index (χ2n) is 2.04. The molecule has 0 aliphatic rings. The molecule has 0 N–H and O–H groups in total. The zero-order chi connectivity index (χ0) is 6.97. The summed E-state index contributed by atoms with van der Waals surface area (Å²) in [4.78, 5) is 0. The molecule has 0 atom stereocenters. The number of fused-ring (bicyclic) bond motifs is 1. The molecule has 0 radical (unpaired) electrons. The summed E-state index contributed by atoms with van der Waals surface area (Å²) in [7, 11) is 0. The van der Waals surface area contributed by atoms with Crippen molar-refractivity contribution >= 4 is 21.6 Å². The first-order chi connectivity index (χ1) is 4.86. The van der Waals surface area contributed by atoms with E-state index in [1.54, 1.807) is 6.20 Å². The highest BCUT2D eigenvalue weighted by Gasteiger charge is 2.00. The lowest BCUT2D eigenvalue weighted by atomic mass is 10.3. The van der Waals surface area contributed by atoms with Crippen molar-refractivity contribution in [3.63, 3.8) is 0 Å². The van der Waals surface area contributed by atoms with Gasteiger partial charge in [0, 0.05) is 0 Å². The van der Waals surface area contributed by atoms with Crippen LogP contribution in [0.2, 0.25) is 0 Å². The van der Waals surface area contributed by atoms with Crippen LogP contribution in [-0.2, 0) is 0 Å². The molecule has 1 heterocycles. The Labute approximate surface area is 62.1 Å². The van der Waals surface area contributed by atoms with E-state index in [-0.39, 0.29) is 0 Å². The number of rotatable bonds is 0. The van der Waals surface area contributed by atoms with E-state index in [0.717, 1.165) is 14.2 Å². The van der Waals surface area contributed by atoms with Crippen molar-refractivity contribution < 1.29 is 4.12 Å². The summed E-state index contributed by atoms with van der Waals surface area (Å²) in [6, 6.07) is 7.72. The first-order valence-electron chi connectivity index (χ1n) is 2.94. The van der Waals surface area contributed by atoms with Crippen molar-refractivity contribution in [2.24, 2.45) is 0 Å². The average molecular weight is 151 g/mol. The van der Waals surface area contributed by atoms with Crippen LogP contribution in [0.4, 0.5) is 0 Å². The van der Waals surface area contributed by atoms with Crippen LogP contribution in [0.15, 0.2) is 30.5 Å². The average Bonchev–Trinajstić information content (AvgIpc) is 2.27.